The van der Waals surface area contributed by atoms with Crippen molar-refractivity contribution in [2.45, 2.75) is 76.7 Å². The fraction of sp³-hybridized carbons (Fsp3) is 0.375. The Kier molecular flexibility index (Phi) is 11.1. The molecule has 3 aromatic heterocycles. The summed E-state index contributed by atoms with van der Waals surface area (Å²) in [4.78, 5) is 32.0. The van der Waals surface area contributed by atoms with E-state index in [1.807, 2.05) is 19.1 Å². The van der Waals surface area contributed by atoms with E-state index in [0.29, 0.717) is 41.7 Å². The second-order valence-electron chi connectivity index (χ2n) is 19.9. The van der Waals surface area contributed by atoms with Crippen molar-refractivity contribution in [1.29, 1.82) is 0 Å². The molecule has 4 aromatic carbocycles. The van der Waals surface area contributed by atoms with E-state index in [-0.39, 0.29) is 17.9 Å². The minimum Gasteiger partial charge on any atom is -0.508 e. The highest BCUT2D eigenvalue weighted by molar-refractivity contribution is 7.15. The van der Waals surface area contributed by atoms with E-state index in [0.717, 1.165) is 105 Å². The van der Waals surface area contributed by atoms with Gasteiger partial charge in [-0.3, -0.25) is 14.4 Å². The maximum absolute atomic E-state index is 13.7. The molecule has 4 aliphatic heterocycles. The number of carbonyl (C=O) groups is 1. The summed E-state index contributed by atoms with van der Waals surface area (Å²) in [6.45, 7) is 13.2. The molecule has 68 heavy (non-hydrogen) atoms. The van der Waals surface area contributed by atoms with Crippen LogP contribution >= 0.6 is 11.3 Å². The number of piperidine rings is 1. The number of benzene rings is 4. The highest BCUT2D eigenvalue weighted by Gasteiger charge is 2.39. The van der Waals surface area contributed by atoms with Gasteiger partial charge in [0.1, 0.15) is 28.9 Å². The number of nitrogens with zero attached hydrogens (tertiary/aromatic N) is 8. The van der Waals surface area contributed by atoms with Crippen molar-refractivity contribution in [3.05, 3.63) is 176 Å². The average Bonchev–Trinajstić information content (AvgIpc) is 4.05. The number of amides is 1. The van der Waals surface area contributed by atoms with Gasteiger partial charge in [-0.25, -0.2) is 4.98 Å². The summed E-state index contributed by atoms with van der Waals surface area (Å²) in [5.41, 5.74) is 12.3. The zero-order chi connectivity index (χ0) is 46.0. The molecule has 12 rings (SSSR count). The molecule has 1 N–H and O–H groups in total. The monoisotopic (exact) mass is 922 g/mol. The Morgan fingerprint density at radius 2 is 1.60 bits per heavy atom. The van der Waals surface area contributed by atoms with Crippen LogP contribution in [-0.4, -0.2) is 92.1 Å². The van der Waals surface area contributed by atoms with Crippen LogP contribution in [0.1, 0.15) is 110 Å². The molecular formula is C56H58N8O3S. The van der Waals surface area contributed by atoms with Crippen LogP contribution in [0.4, 0.5) is 5.69 Å². The van der Waals surface area contributed by atoms with Crippen LogP contribution in [-0.2, 0) is 17.6 Å². The van der Waals surface area contributed by atoms with Gasteiger partial charge in [0.25, 0.3) is 0 Å². The Labute approximate surface area is 402 Å². The van der Waals surface area contributed by atoms with Gasteiger partial charge in [0.15, 0.2) is 11.7 Å². The zero-order valence-corrected chi connectivity index (χ0v) is 39.9. The third kappa shape index (κ3) is 7.85. The van der Waals surface area contributed by atoms with Crippen LogP contribution in [0.5, 0.6) is 5.75 Å². The summed E-state index contributed by atoms with van der Waals surface area (Å²) < 4.78 is 7.85. The highest BCUT2D eigenvalue weighted by atomic mass is 32.1. The number of aliphatic imine (C=N–C) groups is 1. The molecule has 1 aliphatic carbocycles. The lowest BCUT2D eigenvalue weighted by atomic mass is 9.69. The minimum atomic E-state index is -0.291. The van der Waals surface area contributed by atoms with Crippen molar-refractivity contribution >= 4 is 28.6 Å². The van der Waals surface area contributed by atoms with E-state index < -0.39 is 0 Å². The summed E-state index contributed by atoms with van der Waals surface area (Å²) in [7, 11) is 0. The highest BCUT2D eigenvalue weighted by Crippen LogP contribution is 2.47. The van der Waals surface area contributed by atoms with Crippen LogP contribution in [0.3, 0.4) is 0 Å². The van der Waals surface area contributed by atoms with Crippen molar-refractivity contribution in [2.24, 2.45) is 16.8 Å². The Morgan fingerprint density at radius 1 is 0.838 bits per heavy atom. The number of anilines is 1. The van der Waals surface area contributed by atoms with E-state index in [4.69, 9.17) is 9.41 Å². The lowest BCUT2D eigenvalue weighted by molar-refractivity contribution is -0.141. The first-order valence-electron chi connectivity index (χ1n) is 24.5. The van der Waals surface area contributed by atoms with Crippen molar-refractivity contribution in [3.63, 3.8) is 0 Å². The number of phenols is 1. The van der Waals surface area contributed by atoms with Gasteiger partial charge in [-0.05, 0) is 123 Å². The Hall–Kier alpha value is -6.37. The molecule has 12 heteroatoms. The van der Waals surface area contributed by atoms with E-state index >= 15 is 0 Å². The van der Waals surface area contributed by atoms with Crippen molar-refractivity contribution < 1.29 is 14.3 Å². The van der Waals surface area contributed by atoms with Gasteiger partial charge in [0.2, 0.25) is 5.91 Å². The number of hydrogen-bond acceptors (Lipinski definition) is 10. The number of fused-ring (bicyclic) bond motifs is 4. The largest absolute Gasteiger partial charge is 0.508 e. The van der Waals surface area contributed by atoms with Gasteiger partial charge in [-0.2, -0.15) is 0 Å². The minimum absolute atomic E-state index is 0.127. The molecule has 0 radical (unpaired) electrons. The third-order valence-electron chi connectivity index (χ3n) is 15.8. The molecule has 3 atom stereocenters. The molecule has 0 spiro atoms. The SMILES string of the molecule is Cc1sc2c(c1C)C(c1ccc(N3CC(CN4CCC(C(=O)N5CC(c6ccc([C@@H]7c8ccc(O)cc8CC[C@@H]7c7ccccc7)cc6)C5)CC4)C3)cc1)=N[C@@H](Cc1ncco1)c1nnc(C)n1-2. The first kappa shape index (κ1) is 42.9. The van der Waals surface area contributed by atoms with Crippen molar-refractivity contribution in [1.82, 2.24) is 29.5 Å². The molecule has 11 nitrogen and oxygen atoms in total. The third-order valence-corrected chi connectivity index (χ3v) is 17.0. The summed E-state index contributed by atoms with van der Waals surface area (Å²) in [5.74, 6) is 4.73. The van der Waals surface area contributed by atoms with E-state index in [1.54, 1.807) is 23.8 Å². The van der Waals surface area contributed by atoms with Crippen LogP contribution in [0.2, 0.25) is 0 Å². The smallest absolute Gasteiger partial charge is 0.225 e. The van der Waals surface area contributed by atoms with Gasteiger partial charge in [0.05, 0.1) is 18.3 Å². The Morgan fingerprint density at radius 3 is 2.35 bits per heavy atom. The molecule has 3 fully saturated rings. The predicted octanol–water partition coefficient (Wildman–Crippen LogP) is 9.72. The summed E-state index contributed by atoms with van der Waals surface area (Å²) in [5, 5.41) is 20.5. The standard InChI is InChI=1S/C56H58N8O3S/c1-34-35(2)68-56-51(34)53(58-49(28-50-57-23-26-67-50)54-60-59-36(3)64(54)56)41-13-16-45(17-14-41)62-30-37(31-62)29-61-24-21-42(22-25-61)55(66)63-32-44(33-63)38-9-11-40(12-10-38)52-47(39-7-5-4-6-8-39)19-15-43-27-46(65)18-20-48(43)52/h4-14,16-18,20,23,26-27,37,42,44,47,49,52,65H,15,19,21-22,24-25,28-33H2,1-3H3/t47-,49+,52+/m1/s1. The number of phenolic OH excluding ortho intramolecular Hbond substituents is 1. The Bertz CT molecular complexity index is 2980. The number of aromatic hydroxyl groups is 1. The predicted molar refractivity (Wildman–Crippen MR) is 267 cm³/mol. The maximum Gasteiger partial charge on any atom is 0.225 e. The zero-order valence-electron chi connectivity index (χ0n) is 39.1. The lowest BCUT2D eigenvalue weighted by Gasteiger charge is -2.45. The molecular weight excluding hydrogens is 865 g/mol. The lowest BCUT2D eigenvalue weighted by Crippen LogP contribution is -2.54. The fourth-order valence-electron chi connectivity index (χ4n) is 11.9. The summed E-state index contributed by atoms with van der Waals surface area (Å²) in [6, 6.07) is 34.7. The van der Waals surface area contributed by atoms with Gasteiger partial charge in [-0.1, -0.05) is 72.8 Å². The first-order chi connectivity index (χ1) is 33.2. The number of hydrogen-bond donors (Lipinski definition) is 1. The topological polar surface area (TPSA) is 116 Å². The molecule has 5 aliphatic rings. The molecule has 7 aromatic rings. The van der Waals surface area contributed by atoms with Gasteiger partial charge in [0, 0.05) is 78.1 Å². The molecule has 0 bridgehead atoms. The molecule has 1 amide bonds. The molecule has 3 saturated heterocycles. The molecule has 0 unspecified atom stereocenters. The number of oxazole rings is 1. The van der Waals surface area contributed by atoms with Crippen LogP contribution in [0.25, 0.3) is 5.00 Å². The van der Waals surface area contributed by atoms with E-state index in [9.17, 15) is 9.90 Å². The second kappa shape index (κ2) is 17.6. The fourth-order valence-corrected chi connectivity index (χ4v) is 13.1. The normalized spacial score (nSPS) is 21.0. The summed E-state index contributed by atoms with van der Waals surface area (Å²) >= 11 is 1.77. The first-order valence-corrected chi connectivity index (χ1v) is 25.4. The van der Waals surface area contributed by atoms with Crippen molar-refractivity contribution in [2.75, 3.05) is 50.7 Å². The molecule has 346 valence electrons. The van der Waals surface area contributed by atoms with Crippen LogP contribution in [0, 0.1) is 32.6 Å². The number of thiophene rings is 1. The number of carbonyl (C=O) groups excluding carboxylic acids is 1. The Balaban J connectivity index is 0.635. The van der Waals surface area contributed by atoms with Crippen molar-refractivity contribution in [3.8, 4) is 10.8 Å². The molecule has 0 saturated carbocycles. The number of aromatic nitrogens is 4. The summed E-state index contributed by atoms with van der Waals surface area (Å²) in [6.07, 6.45) is 7.70. The number of rotatable bonds is 10. The van der Waals surface area contributed by atoms with Gasteiger partial charge >= 0.3 is 0 Å². The van der Waals surface area contributed by atoms with Crippen LogP contribution in [0.15, 0.2) is 119 Å². The van der Waals surface area contributed by atoms with Gasteiger partial charge < -0.3 is 24.2 Å². The quantitative estimate of drug-likeness (QED) is 0.144. The van der Waals surface area contributed by atoms with Crippen LogP contribution < -0.4 is 4.90 Å². The molecule has 7 heterocycles. The average molecular weight is 923 g/mol. The van der Waals surface area contributed by atoms with Gasteiger partial charge in [-0.15, -0.1) is 21.5 Å². The number of aryl methyl sites for hydroxylation is 3. The maximum atomic E-state index is 13.7. The van der Waals surface area contributed by atoms with E-state index in [1.165, 1.54) is 43.9 Å². The van der Waals surface area contributed by atoms with E-state index in [2.05, 4.69) is 133 Å². The second-order valence-corrected chi connectivity index (χ2v) is 21.1. The number of likely N-dealkylation sites (tertiary alicyclic amines) is 2.